The molecule has 2 rings (SSSR count). The number of rotatable bonds is 5. The Morgan fingerprint density at radius 2 is 1.89 bits per heavy atom. The van der Waals surface area contributed by atoms with Gasteiger partial charge in [-0.05, 0) is 44.2 Å². The van der Waals surface area contributed by atoms with Gasteiger partial charge < -0.3 is 9.69 Å². The maximum Gasteiger partial charge on any atom is 0.127 e. The Kier molecular flexibility index (Phi) is 4.76. The summed E-state index contributed by atoms with van der Waals surface area (Å²) in [7, 11) is 2.12. The number of carbonyl (C=O) groups is 1. The molecule has 1 aliphatic carbocycles. The molecule has 1 aromatic rings. The van der Waals surface area contributed by atoms with Crippen LogP contribution in [-0.2, 0) is 11.3 Å². The number of nitrogens with zero attached hydrogens (tertiary/aromatic N) is 1. The molecule has 2 nitrogen and oxygen atoms in total. The van der Waals surface area contributed by atoms with Gasteiger partial charge in [-0.15, -0.1) is 0 Å². The largest absolute Gasteiger partial charge is 0.303 e. The Morgan fingerprint density at radius 3 is 2.47 bits per heavy atom. The molecular formula is C17H25NO. The van der Waals surface area contributed by atoms with Crippen molar-refractivity contribution in [1.29, 1.82) is 0 Å². The molecule has 0 atom stereocenters. The van der Waals surface area contributed by atoms with E-state index in [0.29, 0.717) is 0 Å². The third-order valence-corrected chi connectivity index (χ3v) is 4.40. The molecular weight excluding hydrogens is 234 g/mol. The summed E-state index contributed by atoms with van der Waals surface area (Å²) >= 11 is 0. The molecule has 104 valence electrons. The minimum atomic E-state index is -0.101. The van der Waals surface area contributed by atoms with Crippen LogP contribution in [0.25, 0.3) is 0 Å². The fraction of sp³-hybridized carbons (Fsp3) is 0.588. The Labute approximate surface area is 116 Å². The molecule has 1 aromatic carbocycles. The quantitative estimate of drug-likeness (QED) is 0.754. The molecule has 1 aliphatic rings. The summed E-state index contributed by atoms with van der Waals surface area (Å²) < 4.78 is 0. The molecule has 0 unspecified atom stereocenters. The fourth-order valence-electron chi connectivity index (χ4n) is 3.14. The molecule has 0 N–H and O–H groups in total. The molecule has 0 heterocycles. The van der Waals surface area contributed by atoms with Gasteiger partial charge in [0.25, 0.3) is 0 Å². The van der Waals surface area contributed by atoms with E-state index < -0.39 is 0 Å². The summed E-state index contributed by atoms with van der Waals surface area (Å²) in [4.78, 5) is 13.8. The lowest BCUT2D eigenvalue weighted by Gasteiger charge is -2.37. The van der Waals surface area contributed by atoms with Crippen molar-refractivity contribution in [3.05, 3.63) is 35.9 Å². The molecule has 0 amide bonds. The minimum absolute atomic E-state index is 0.101. The Hall–Kier alpha value is -1.15. The maximum absolute atomic E-state index is 11.5. The summed E-state index contributed by atoms with van der Waals surface area (Å²) in [6, 6.07) is 10.5. The maximum atomic E-state index is 11.5. The first-order valence-electron chi connectivity index (χ1n) is 7.32. The number of aldehydes is 1. The third-order valence-electron chi connectivity index (χ3n) is 4.40. The van der Waals surface area contributed by atoms with Gasteiger partial charge in [0.2, 0.25) is 0 Å². The predicted octanol–water partition coefficient (Wildman–Crippen LogP) is 3.51. The van der Waals surface area contributed by atoms with Gasteiger partial charge in [-0.1, -0.05) is 37.3 Å². The molecule has 1 saturated carbocycles. The van der Waals surface area contributed by atoms with Crippen LogP contribution in [-0.4, -0.2) is 24.8 Å². The van der Waals surface area contributed by atoms with Gasteiger partial charge in [0, 0.05) is 18.5 Å². The number of carbonyl (C=O) groups excluding carboxylic acids is 1. The summed E-state index contributed by atoms with van der Waals surface area (Å²) in [5.41, 5.74) is 1.21. The highest BCUT2D eigenvalue weighted by Gasteiger charge is 2.34. The van der Waals surface area contributed by atoms with E-state index in [2.05, 4.69) is 43.1 Å². The van der Waals surface area contributed by atoms with Crippen LogP contribution in [0.4, 0.5) is 0 Å². The normalized spacial score (nSPS) is 27.4. The van der Waals surface area contributed by atoms with Gasteiger partial charge in [0.15, 0.2) is 0 Å². The Bertz CT molecular complexity index is 393. The number of hydrogen-bond acceptors (Lipinski definition) is 2. The van der Waals surface area contributed by atoms with Crippen LogP contribution in [0.1, 0.15) is 38.2 Å². The molecule has 0 bridgehead atoms. The van der Waals surface area contributed by atoms with Gasteiger partial charge in [-0.25, -0.2) is 0 Å². The average molecular weight is 259 g/mol. The monoisotopic (exact) mass is 259 g/mol. The Balaban J connectivity index is 1.93. The van der Waals surface area contributed by atoms with Crippen molar-refractivity contribution in [2.24, 2.45) is 11.3 Å². The lowest BCUT2D eigenvalue weighted by molar-refractivity contribution is -0.119. The fourth-order valence-corrected chi connectivity index (χ4v) is 3.14. The zero-order valence-electron chi connectivity index (χ0n) is 12.1. The second-order valence-corrected chi connectivity index (χ2v) is 6.32. The number of hydrogen-bond donors (Lipinski definition) is 0. The standard InChI is InChI=1S/C17H25NO/c1-15-8-10-17(14-19,11-9-15)13-18(2)12-16-6-4-3-5-7-16/h3-7,14-15H,8-13H2,1-2H3. The zero-order chi connectivity index (χ0) is 13.7. The van der Waals surface area contributed by atoms with Gasteiger partial charge >= 0.3 is 0 Å². The van der Waals surface area contributed by atoms with Gasteiger partial charge in [0.05, 0.1) is 0 Å². The van der Waals surface area contributed by atoms with Crippen molar-refractivity contribution in [3.63, 3.8) is 0 Å². The highest BCUT2D eigenvalue weighted by atomic mass is 16.1. The highest BCUT2D eigenvalue weighted by molar-refractivity contribution is 5.60. The minimum Gasteiger partial charge on any atom is -0.303 e. The molecule has 0 spiro atoms. The second-order valence-electron chi connectivity index (χ2n) is 6.32. The molecule has 0 radical (unpaired) electrons. The van der Waals surface area contributed by atoms with Crippen LogP contribution in [0.5, 0.6) is 0 Å². The van der Waals surface area contributed by atoms with E-state index >= 15 is 0 Å². The van der Waals surface area contributed by atoms with Crippen molar-refractivity contribution in [2.45, 2.75) is 39.2 Å². The van der Waals surface area contributed by atoms with Gasteiger partial charge in [0.1, 0.15) is 6.29 Å². The summed E-state index contributed by atoms with van der Waals surface area (Å²) in [6.45, 7) is 4.10. The number of benzene rings is 1. The van der Waals surface area contributed by atoms with Gasteiger partial charge in [-0.2, -0.15) is 0 Å². The summed E-state index contributed by atoms with van der Waals surface area (Å²) in [6.07, 6.45) is 5.71. The van der Waals surface area contributed by atoms with E-state index in [4.69, 9.17) is 0 Å². The molecule has 0 saturated heterocycles. The lowest BCUT2D eigenvalue weighted by atomic mass is 9.71. The van der Waals surface area contributed by atoms with Crippen LogP contribution in [0.2, 0.25) is 0 Å². The van der Waals surface area contributed by atoms with Crippen LogP contribution in [0.3, 0.4) is 0 Å². The van der Waals surface area contributed by atoms with Crippen LogP contribution in [0, 0.1) is 11.3 Å². The van der Waals surface area contributed by atoms with E-state index in [0.717, 1.165) is 31.8 Å². The van der Waals surface area contributed by atoms with Crippen LogP contribution in [0.15, 0.2) is 30.3 Å². The topological polar surface area (TPSA) is 20.3 Å². The smallest absolute Gasteiger partial charge is 0.127 e. The lowest BCUT2D eigenvalue weighted by Crippen LogP contribution is -2.39. The molecule has 1 fully saturated rings. The van der Waals surface area contributed by atoms with E-state index in [9.17, 15) is 4.79 Å². The Morgan fingerprint density at radius 1 is 1.26 bits per heavy atom. The summed E-state index contributed by atoms with van der Waals surface area (Å²) in [5, 5.41) is 0. The first-order chi connectivity index (χ1) is 9.13. The molecule has 0 aliphatic heterocycles. The van der Waals surface area contributed by atoms with E-state index in [1.165, 1.54) is 24.7 Å². The molecule has 2 heteroatoms. The zero-order valence-corrected chi connectivity index (χ0v) is 12.1. The third kappa shape index (κ3) is 3.90. The first-order valence-corrected chi connectivity index (χ1v) is 7.32. The van der Waals surface area contributed by atoms with Crippen LogP contribution < -0.4 is 0 Å². The van der Waals surface area contributed by atoms with E-state index in [1.54, 1.807) is 0 Å². The SMILES string of the molecule is CC1CCC(C=O)(CN(C)Cc2ccccc2)CC1. The first kappa shape index (κ1) is 14.3. The van der Waals surface area contributed by atoms with Gasteiger partial charge in [-0.3, -0.25) is 0 Å². The van der Waals surface area contributed by atoms with Crippen molar-refractivity contribution < 1.29 is 4.79 Å². The van der Waals surface area contributed by atoms with Crippen molar-refractivity contribution in [3.8, 4) is 0 Å². The van der Waals surface area contributed by atoms with Crippen molar-refractivity contribution in [2.75, 3.05) is 13.6 Å². The van der Waals surface area contributed by atoms with E-state index in [-0.39, 0.29) is 5.41 Å². The van der Waals surface area contributed by atoms with Crippen molar-refractivity contribution >= 4 is 6.29 Å². The van der Waals surface area contributed by atoms with E-state index in [1.807, 2.05) is 6.07 Å². The molecule has 19 heavy (non-hydrogen) atoms. The highest BCUT2D eigenvalue weighted by Crippen LogP contribution is 2.37. The average Bonchev–Trinajstić information content (AvgIpc) is 2.43. The molecule has 0 aromatic heterocycles. The summed E-state index contributed by atoms with van der Waals surface area (Å²) in [5.74, 6) is 0.785. The van der Waals surface area contributed by atoms with Crippen LogP contribution >= 0.6 is 0 Å². The predicted molar refractivity (Wildman–Crippen MR) is 78.9 cm³/mol. The second kappa shape index (κ2) is 6.33. The van der Waals surface area contributed by atoms with Crippen molar-refractivity contribution in [1.82, 2.24) is 4.90 Å².